The SMILES string of the molecule is CCCNC(=O)[C@H](Cc1ccccc1)N(Cc1cccc(Cl)c1)C(=O)CN(c1ccccc1)S(=O)(=O)c1ccc(F)cc1. The normalized spacial score (nSPS) is 11.9. The number of nitrogens with one attached hydrogen (secondary N) is 1. The van der Waals surface area contributed by atoms with Crippen LogP contribution in [0, 0.1) is 5.82 Å². The maximum Gasteiger partial charge on any atom is 0.264 e. The number of carbonyl (C=O) groups is 2. The van der Waals surface area contributed by atoms with Gasteiger partial charge in [-0.2, -0.15) is 0 Å². The summed E-state index contributed by atoms with van der Waals surface area (Å²) >= 11 is 6.25. The summed E-state index contributed by atoms with van der Waals surface area (Å²) in [6, 6.07) is 27.9. The van der Waals surface area contributed by atoms with E-state index in [0.29, 0.717) is 23.6 Å². The molecule has 4 rings (SSSR count). The second-order valence-electron chi connectivity index (χ2n) is 9.95. The van der Waals surface area contributed by atoms with Crippen molar-refractivity contribution in [2.45, 2.75) is 37.2 Å². The third-order valence-electron chi connectivity index (χ3n) is 6.79. The highest BCUT2D eigenvalue weighted by Gasteiger charge is 2.34. The van der Waals surface area contributed by atoms with Crippen molar-refractivity contribution in [3.63, 3.8) is 0 Å². The number of sulfonamides is 1. The summed E-state index contributed by atoms with van der Waals surface area (Å²) in [5.74, 6) is -1.54. The summed E-state index contributed by atoms with van der Waals surface area (Å²) < 4.78 is 42.4. The summed E-state index contributed by atoms with van der Waals surface area (Å²) in [7, 11) is -4.30. The van der Waals surface area contributed by atoms with Crippen molar-refractivity contribution >= 4 is 39.1 Å². The lowest BCUT2D eigenvalue weighted by atomic mass is 10.0. The molecule has 0 aromatic heterocycles. The Kier molecular flexibility index (Phi) is 10.9. The predicted octanol–water partition coefficient (Wildman–Crippen LogP) is 5.84. The number of rotatable bonds is 13. The summed E-state index contributed by atoms with van der Waals surface area (Å²) in [5.41, 5.74) is 1.76. The predicted molar refractivity (Wildman–Crippen MR) is 167 cm³/mol. The van der Waals surface area contributed by atoms with Gasteiger partial charge in [-0.25, -0.2) is 12.8 Å². The molecule has 4 aromatic carbocycles. The van der Waals surface area contributed by atoms with Crippen LogP contribution in [-0.2, 0) is 32.6 Å². The van der Waals surface area contributed by atoms with Crippen molar-refractivity contribution in [1.82, 2.24) is 10.2 Å². The van der Waals surface area contributed by atoms with Gasteiger partial charge in [-0.05, 0) is 66.1 Å². The minimum atomic E-state index is -4.30. The monoisotopic (exact) mass is 621 g/mol. The van der Waals surface area contributed by atoms with Gasteiger partial charge in [-0.15, -0.1) is 0 Å². The maximum atomic E-state index is 14.3. The molecule has 0 aliphatic carbocycles. The van der Waals surface area contributed by atoms with Crippen LogP contribution in [0.2, 0.25) is 5.02 Å². The van der Waals surface area contributed by atoms with Crippen molar-refractivity contribution in [2.75, 3.05) is 17.4 Å². The van der Waals surface area contributed by atoms with Gasteiger partial charge < -0.3 is 10.2 Å². The number of hydrogen-bond acceptors (Lipinski definition) is 4. The van der Waals surface area contributed by atoms with Crippen LogP contribution in [0.4, 0.5) is 10.1 Å². The zero-order valence-corrected chi connectivity index (χ0v) is 25.3. The number of halogens is 2. The molecular formula is C33H33ClFN3O4S. The van der Waals surface area contributed by atoms with Gasteiger partial charge in [-0.1, -0.05) is 79.2 Å². The summed E-state index contributed by atoms with van der Waals surface area (Å²) in [6.45, 7) is 1.75. The number of benzene rings is 4. The third kappa shape index (κ3) is 8.43. The fraction of sp³-hybridized carbons (Fsp3) is 0.212. The standard InChI is InChI=1S/C33H33ClFN3O4S/c1-2-20-36-33(40)31(22-25-10-5-3-6-11-25)37(23-26-12-9-13-27(34)21-26)32(39)24-38(29-14-7-4-8-15-29)43(41,42)30-18-16-28(35)17-19-30/h3-19,21,31H,2,20,22-24H2,1H3,(H,36,40)/t31-/m0/s1. The van der Waals surface area contributed by atoms with E-state index >= 15 is 0 Å². The Hall–Kier alpha value is -4.21. The minimum absolute atomic E-state index is 0.00959. The van der Waals surface area contributed by atoms with E-state index in [1.165, 1.54) is 4.90 Å². The van der Waals surface area contributed by atoms with Crippen molar-refractivity contribution < 1.29 is 22.4 Å². The zero-order chi connectivity index (χ0) is 30.8. The van der Waals surface area contributed by atoms with Crippen molar-refractivity contribution in [3.8, 4) is 0 Å². The molecular weight excluding hydrogens is 589 g/mol. The van der Waals surface area contributed by atoms with E-state index in [2.05, 4.69) is 5.32 Å². The highest BCUT2D eigenvalue weighted by molar-refractivity contribution is 7.92. The van der Waals surface area contributed by atoms with Gasteiger partial charge in [0.2, 0.25) is 11.8 Å². The molecule has 0 unspecified atom stereocenters. The lowest BCUT2D eigenvalue weighted by Crippen LogP contribution is -2.53. The van der Waals surface area contributed by atoms with E-state index in [-0.39, 0.29) is 29.5 Å². The Morgan fingerprint density at radius 1 is 0.860 bits per heavy atom. The zero-order valence-electron chi connectivity index (χ0n) is 23.7. The Balaban J connectivity index is 1.78. The maximum absolute atomic E-state index is 14.3. The van der Waals surface area contributed by atoms with E-state index in [1.807, 2.05) is 37.3 Å². The molecule has 7 nitrogen and oxygen atoms in total. The van der Waals surface area contributed by atoms with E-state index in [9.17, 15) is 22.4 Å². The largest absolute Gasteiger partial charge is 0.354 e. The fourth-order valence-corrected chi connectivity index (χ4v) is 6.24. The Bertz CT molecular complexity index is 1620. The molecule has 0 radical (unpaired) electrons. The first-order valence-corrected chi connectivity index (χ1v) is 15.7. The quantitative estimate of drug-likeness (QED) is 0.203. The number of nitrogens with zero attached hydrogens (tertiary/aromatic N) is 2. The molecule has 0 bridgehead atoms. The lowest BCUT2D eigenvalue weighted by Gasteiger charge is -2.34. The second-order valence-corrected chi connectivity index (χ2v) is 12.2. The van der Waals surface area contributed by atoms with Crippen LogP contribution >= 0.6 is 11.6 Å². The van der Waals surface area contributed by atoms with Gasteiger partial charge >= 0.3 is 0 Å². The number of para-hydroxylation sites is 1. The molecule has 0 aliphatic heterocycles. The summed E-state index contributed by atoms with van der Waals surface area (Å²) in [5, 5.41) is 3.37. The van der Waals surface area contributed by atoms with Crippen molar-refractivity contribution in [1.29, 1.82) is 0 Å². The van der Waals surface area contributed by atoms with Crippen LogP contribution in [0.25, 0.3) is 0 Å². The van der Waals surface area contributed by atoms with Gasteiger partial charge in [0.1, 0.15) is 18.4 Å². The number of anilines is 1. The van der Waals surface area contributed by atoms with Gasteiger partial charge in [0.05, 0.1) is 10.6 Å². The van der Waals surface area contributed by atoms with Crippen LogP contribution in [0.5, 0.6) is 0 Å². The van der Waals surface area contributed by atoms with Gasteiger partial charge in [0.15, 0.2) is 0 Å². The van der Waals surface area contributed by atoms with Gasteiger partial charge in [0, 0.05) is 24.5 Å². The van der Waals surface area contributed by atoms with E-state index < -0.39 is 34.3 Å². The minimum Gasteiger partial charge on any atom is -0.354 e. The first kappa shape index (κ1) is 31.7. The molecule has 1 N–H and O–H groups in total. The summed E-state index contributed by atoms with van der Waals surface area (Å²) in [4.78, 5) is 29.2. The highest BCUT2D eigenvalue weighted by atomic mass is 35.5. The molecule has 0 saturated carbocycles. The molecule has 224 valence electrons. The second kappa shape index (κ2) is 14.8. The van der Waals surface area contributed by atoms with E-state index in [4.69, 9.17) is 11.6 Å². The first-order chi connectivity index (χ1) is 20.7. The molecule has 43 heavy (non-hydrogen) atoms. The number of carbonyl (C=O) groups excluding carboxylic acids is 2. The van der Waals surface area contributed by atoms with Gasteiger partial charge in [0.25, 0.3) is 10.0 Å². The lowest BCUT2D eigenvalue weighted by molar-refractivity contribution is -0.140. The summed E-state index contributed by atoms with van der Waals surface area (Å²) in [6.07, 6.45) is 0.905. The Labute approximate surface area is 257 Å². The van der Waals surface area contributed by atoms with E-state index in [0.717, 1.165) is 34.1 Å². The molecule has 10 heteroatoms. The molecule has 2 amide bonds. The Morgan fingerprint density at radius 2 is 1.49 bits per heavy atom. The average molecular weight is 622 g/mol. The van der Waals surface area contributed by atoms with E-state index in [1.54, 1.807) is 54.6 Å². The first-order valence-electron chi connectivity index (χ1n) is 13.9. The average Bonchev–Trinajstić information content (AvgIpc) is 3.01. The smallest absolute Gasteiger partial charge is 0.264 e. The Morgan fingerprint density at radius 3 is 2.12 bits per heavy atom. The number of amides is 2. The number of hydrogen-bond donors (Lipinski definition) is 1. The molecule has 0 fully saturated rings. The van der Waals surface area contributed by atoms with Crippen LogP contribution in [0.15, 0.2) is 114 Å². The van der Waals surface area contributed by atoms with Gasteiger partial charge in [-0.3, -0.25) is 13.9 Å². The van der Waals surface area contributed by atoms with Crippen molar-refractivity contribution in [2.24, 2.45) is 0 Å². The molecule has 0 aliphatic rings. The van der Waals surface area contributed by atoms with Crippen LogP contribution in [-0.4, -0.2) is 44.3 Å². The molecule has 0 heterocycles. The molecule has 0 saturated heterocycles. The molecule has 1 atom stereocenters. The van der Waals surface area contributed by atoms with Crippen LogP contribution < -0.4 is 9.62 Å². The molecule has 0 spiro atoms. The third-order valence-corrected chi connectivity index (χ3v) is 8.81. The van der Waals surface area contributed by atoms with Crippen LogP contribution in [0.3, 0.4) is 0 Å². The topological polar surface area (TPSA) is 86.8 Å². The van der Waals surface area contributed by atoms with Crippen LogP contribution in [0.1, 0.15) is 24.5 Å². The van der Waals surface area contributed by atoms with Crippen molar-refractivity contribution in [3.05, 3.63) is 131 Å². The molecule has 4 aromatic rings. The fourth-order valence-electron chi connectivity index (χ4n) is 4.61. The highest BCUT2D eigenvalue weighted by Crippen LogP contribution is 2.25.